The normalized spacial score (nSPS) is 12.3. The third kappa shape index (κ3) is 5.28. The average Bonchev–Trinajstić information content (AvgIpc) is 3.74. The molecule has 0 aliphatic rings. The number of nitrogens with zero attached hydrogens (tertiary/aromatic N) is 2. The Bertz CT molecular complexity index is 2860. The fourth-order valence-corrected chi connectivity index (χ4v) is 15.0. The van der Waals surface area contributed by atoms with Gasteiger partial charge in [0.25, 0.3) is 0 Å². The maximum atomic E-state index is 2.51. The Balaban J connectivity index is 1.26. The lowest BCUT2D eigenvalue weighted by Gasteiger charge is -2.34. The number of hydrogen-bond donors (Lipinski definition) is 0. The molecule has 0 amide bonds. The quantitative estimate of drug-likeness (QED) is 0.114. The number of rotatable bonds is 7. The van der Waals surface area contributed by atoms with Crippen molar-refractivity contribution in [3.8, 4) is 11.4 Å². The van der Waals surface area contributed by atoms with Crippen LogP contribution < -0.4 is 25.9 Å². The highest BCUT2D eigenvalue weighted by Gasteiger charge is 2.41. The van der Waals surface area contributed by atoms with Gasteiger partial charge in [0.05, 0.1) is 30.1 Å². The zero-order valence-corrected chi connectivity index (χ0v) is 33.4. The van der Waals surface area contributed by atoms with E-state index in [1.165, 1.54) is 80.9 Å². The van der Waals surface area contributed by atoms with Gasteiger partial charge in [0.1, 0.15) is 0 Å². The van der Waals surface area contributed by atoms with Crippen molar-refractivity contribution >= 4 is 85.7 Å². The van der Waals surface area contributed by atoms with Crippen molar-refractivity contribution in [1.82, 2.24) is 9.13 Å². The van der Waals surface area contributed by atoms with E-state index in [1.807, 2.05) is 0 Å². The summed E-state index contributed by atoms with van der Waals surface area (Å²) in [5.74, 6) is 0. The lowest BCUT2D eigenvalue weighted by Crippen LogP contribution is -2.74. The molecular weight excluding hydrogens is 697 g/mol. The number of para-hydroxylation sites is 2. The Morgan fingerprint density at radius 2 is 0.709 bits per heavy atom. The first-order valence-electron chi connectivity index (χ1n) is 19.3. The zero-order chi connectivity index (χ0) is 37.1. The Kier molecular flexibility index (Phi) is 7.87. The molecule has 4 heteroatoms. The minimum atomic E-state index is -2.72. The van der Waals surface area contributed by atoms with E-state index in [-0.39, 0.29) is 0 Å². The van der Waals surface area contributed by atoms with Gasteiger partial charge in [-0.25, -0.2) is 0 Å². The third-order valence-corrected chi connectivity index (χ3v) is 18.4. The molecule has 0 fully saturated rings. The van der Waals surface area contributed by atoms with Crippen molar-refractivity contribution in [2.75, 3.05) is 0 Å². The lowest BCUT2D eigenvalue weighted by atomic mass is 10.1. The van der Waals surface area contributed by atoms with E-state index in [4.69, 9.17) is 0 Å². The van der Waals surface area contributed by atoms with Crippen LogP contribution in [0.15, 0.2) is 200 Å². The zero-order valence-electron chi connectivity index (χ0n) is 31.4. The molecule has 2 nitrogen and oxygen atoms in total. The minimum absolute atomic E-state index is 1.18. The van der Waals surface area contributed by atoms with Crippen LogP contribution in [0.1, 0.15) is 0 Å². The molecule has 2 heterocycles. The SMILES string of the molecule is C[Si](C)(C)c1ccc2c(c1)c1cc(-n3c4ccccc4c4ccccc43)ccc1n2-c1cccc([Si](c2ccccc2)(c2ccccc2)c2ccccc2)c1. The predicted octanol–water partition coefficient (Wildman–Crippen LogP) is 9.80. The summed E-state index contributed by atoms with van der Waals surface area (Å²) in [7, 11) is -4.32. The summed E-state index contributed by atoms with van der Waals surface area (Å²) in [6, 6.07) is 75.0. The molecule has 0 radical (unpaired) electrons. The first-order valence-corrected chi connectivity index (χ1v) is 24.8. The van der Waals surface area contributed by atoms with Crippen LogP contribution in [-0.2, 0) is 0 Å². The van der Waals surface area contributed by atoms with E-state index < -0.39 is 16.1 Å². The fourth-order valence-electron chi connectivity index (χ4n) is 9.04. The summed E-state index contributed by atoms with van der Waals surface area (Å²) < 4.78 is 4.95. The van der Waals surface area contributed by atoms with Gasteiger partial charge in [0.2, 0.25) is 0 Å². The molecule has 0 atom stereocenters. The third-order valence-electron chi connectivity index (χ3n) is 11.6. The summed E-state index contributed by atoms with van der Waals surface area (Å²) in [4.78, 5) is 0. The number of benzene rings is 8. The van der Waals surface area contributed by atoms with E-state index in [0.717, 1.165) is 0 Å². The molecule has 0 aliphatic carbocycles. The summed E-state index contributed by atoms with van der Waals surface area (Å²) in [6.07, 6.45) is 0. The van der Waals surface area contributed by atoms with Gasteiger partial charge in [0.15, 0.2) is 8.07 Å². The lowest BCUT2D eigenvalue weighted by molar-refractivity contribution is 1.17. The fraction of sp³-hybridized carbons (Fsp3) is 0.0588. The molecule has 0 bridgehead atoms. The van der Waals surface area contributed by atoms with E-state index in [0.29, 0.717) is 0 Å². The largest absolute Gasteiger partial charge is 0.309 e. The number of aromatic nitrogens is 2. The van der Waals surface area contributed by atoms with E-state index >= 15 is 0 Å². The Labute approximate surface area is 324 Å². The predicted molar refractivity (Wildman–Crippen MR) is 242 cm³/mol. The molecule has 10 aromatic rings. The van der Waals surface area contributed by atoms with Crippen LogP contribution in [0.4, 0.5) is 0 Å². The monoisotopic (exact) mass is 738 g/mol. The summed E-state index contributed by atoms with van der Waals surface area (Å²) in [5.41, 5.74) is 7.27. The first kappa shape index (κ1) is 33.4. The maximum absolute atomic E-state index is 2.72. The second-order valence-corrected chi connectivity index (χ2v) is 24.7. The van der Waals surface area contributed by atoms with Gasteiger partial charge in [0, 0.05) is 32.9 Å². The van der Waals surface area contributed by atoms with Gasteiger partial charge in [-0.2, -0.15) is 0 Å². The molecule has 55 heavy (non-hydrogen) atoms. The van der Waals surface area contributed by atoms with Gasteiger partial charge < -0.3 is 9.13 Å². The van der Waals surface area contributed by atoms with Crippen LogP contribution in [0.5, 0.6) is 0 Å². The van der Waals surface area contributed by atoms with Crippen LogP contribution >= 0.6 is 0 Å². The average molecular weight is 739 g/mol. The highest BCUT2D eigenvalue weighted by atomic mass is 28.3. The molecule has 0 aliphatic heterocycles. The second-order valence-electron chi connectivity index (χ2n) is 15.8. The molecule has 0 N–H and O–H groups in total. The van der Waals surface area contributed by atoms with Gasteiger partial charge >= 0.3 is 0 Å². The van der Waals surface area contributed by atoms with Crippen molar-refractivity contribution in [3.05, 3.63) is 200 Å². The van der Waals surface area contributed by atoms with Crippen LogP contribution in [0.2, 0.25) is 19.6 Å². The molecule has 10 rings (SSSR count). The van der Waals surface area contributed by atoms with Crippen molar-refractivity contribution < 1.29 is 0 Å². The van der Waals surface area contributed by atoms with Crippen molar-refractivity contribution in [3.63, 3.8) is 0 Å². The molecule has 264 valence electrons. The Morgan fingerprint density at radius 1 is 0.291 bits per heavy atom. The van der Waals surface area contributed by atoms with Gasteiger partial charge in [-0.05, 0) is 69.3 Å². The molecule has 0 saturated heterocycles. The topological polar surface area (TPSA) is 9.86 Å². The van der Waals surface area contributed by atoms with Crippen LogP contribution in [-0.4, -0.2) is 25.3 Å². The van der Waals surface area contributed by atoms with Gasteiger partial charge in [-0.15, -0.1) is 0 Å². The maximum Gasteiger partial charge on any atom is 0.179 e. The van der Waals surface area contributed by atoms with E-state index in [1.54, 1.807) is 0 Å². The van der Waals surface area contributed by atoms with Crippen molar-refractivity contribution in [1.29, 1.82) is 0 Å². The Hall–Kier alpha value is -6.21. The molecule has 8 aromatic carbocycles. The smallest absolute Gasteiger partial charge is 0.179 e. The highest BCUT2D eigenvalue weighted by molar-refractivity contribution is 7.19. The summed E-state index contributed by atoms with van der Waals surface area (Å²) in [6.45, 7) is 7.34. The number of fused-ring (bicyclic) bond motifs is 6. The van der Waals surface area contributed by atoms with Gasteiger partial charge in [-0.3, -0.25) is 0 Å². The Morgan fingerprint density at radius 3 is 1.24 bits per heavy atom. The number of hydrogen-bond acceptors (Lipinski definition) is 0. The van der Waals surface area contributed by atoms with Crippen LogP contribution in [0, 0.1) is 0 Å². The van der Waals surface area contributed by atoms with Crippen molar-refractivity contribution in [2.45, 2.75) is 19.6 Å². The molecular formula is C51H42N2Si2. The minimum Gasteiger partial charge on any atom is -0.309 e. The summed E-state index contributed by atoms with van der Waals surface area (Å²) >= 11 is 0. The highest BCUT2D eigenvalue weighted by Crippen LogP contribution is 2.37. The molecule has 0 saturated carbocycles. The van der Waals surface area contributed by atoms with Gasteiger partial charge in [-0.1, -0.05) is 176 Å². The molecule has 2 aromatic heterocycles. The van der Waals surface area contributed by atoms with E-state index in [2.05, 4.69) is 229 Å². The molecule has 0 spiro atoms. The van der Waals surface area contributed by atoms with Crippen LogP contribution in [0.3, 0.4) is 0 Å². The van der Waals surface area contributed by atoms with E-state index in [9.17, 15) is 0 Å². The van der Waals surface area contributed by atoms with Crippen LogP contribution in [0.25, 0.3) is 55.0 Å². The molecule has 0 unspecified atom stereocenters. The standard InChI is InChI=1S/C51H42N2Si2/c1-54(2,3)42-31-33-51-47(36-42)46-35-38(53-48-28-15-13-26-44(48)45-27-14-16-29-49(45)53)30-32-50(46)52(51)37-18-17-25-43(34-37)55(39-19-7-4-8-20-39,40-21-9-5-10-22-40)41-23-11-6-12-24-41/h4-36H,1-3H3. The first-order chi connectivity index (χ1) is 26.9. The van der Waals surface area contributed by atoms with Crippen molar-refractivity contribution in [2.24, 2.45) is 0 Å². The summed E-state index contributed by atoms with van der Waals surface area (Å²) in [5, 5.41) is 12.1. The second kappa shape index (κ2) is 13.0.